The average molecular weight is 242 g/mol. The molecule has 3 rings (SSSR count). The van der Waals surface area contributed by atoms with Crippen molar-refractivity contribution < 1.29 is 9.05 Å². The van der Waals surface area contributed by atoms with Crippen LogP contribution < -0.4 is 0 Å². The van der Waals surface area contributed by atoms with Crippen LogP contribution in [-0.4, -0.2) is 20.3 Å². The first kappa shape index (κ1) is 10.6. The van der Waals surface area contributed by atoms with Gasteiger partial charge in [0, 0.05) is 25.0 Å². The minimum Gasteiger partial charge on any atom is -0.339 e. The third kappa shape index (κ3) is 1.77. The summed E-state index contributed by atoms with van der Waals surface area (Å²) < 4.78 is 9.98. The Balaban J connectivity index is 2.16. The molecule has 0 amide bonds. The van der Waals surface area contributed by atoms with Gasteiger partial charge in [-0.25, -0.2) is 0 Å². The fourth-order valence-electron chi connectivity index (χ4n) is 1.69. The zero-order valence-electron chi connectivity index (χ0n) is 9.91. The number of hydrogen-bond donors (Lipinski definition) is 0. The molecule has 0 N–H and O–H groups in total. The molecule has 3 aromatic rings. The fraction of sp³-hybridized carbons (Fsp3) is 0.167. The Bertz CT molecular complexity index is 627. The van der Waals surface area contributed by atoms with Gasteiger partial charge in [0.25, 0.3) is 0 Å². The normalized spacial score (nSPS) is 10.8. The zero-order chi connectivity index (χ0) is 12.5. The summed E-state index contributed by atoms with van der Waals surface area (Å²) in [6.45, 7) is 3.50. The van der Waals surface area contributed by atoms with Crippen LogP contribution in [0.5, 0.6) is 0 Å². The molecule has 90 valence electrons. The van der Waals surface area contributed by atoms with E-state index in [-0.39, 0.29) is 0 Å². The van der Waals surface area contributed by atoms with E-state index in [1.54, 1.807) is 13.8 Å². The van der Waals surface area contributed by atoms with E-state index < -0.39 is 0 Å². The molecule has 0 aliphatic carbocycles. The second kappa shape index (κ2) is 4.06. The van der Waals surface area contributed by atoms with E-state index in [1.807, 2.05) is 24.3 Å². The molecular weight excluding hydrogens is 232 g/mol. The molecule has 1 aromatic carbocycles. The molecule has 0 radical (unpaired) electrons. The second-order valence-corrected chi connectivity index (χ2v) is 3.82. The maximum atomic E-state index is 4.99. The molecule has 0 aliphatic rings. The lowest BCUT2D eigenvalue weighted by molar-refractivity contribution is 0.393. The van der Waals surface area contributed by atoms with Crippen LogP contribution in [-0.2, 0) is 0 Å². The number of aryl methyl sites for hydroxylation is 2. The van der Waals surface area contributed by atoms with Gasteiger partial charge in [-0.3, -0.25) is 0 Å². The average Bonchev–Trinajstić information content (AvgIpc) is 2.98. The van der Waals surface area contributed by atoms with Gasteiger partial charge in [-0.1, -0.05) is 34.6 Å². The summed E-state index contributed by atoms with van der Waals surface area (Å²) in [6.07, 6.45) is 0. The molecule has 0 saturated carbocycles. The summed E-state index contributed by atoms with van der Waals surface area (Å²) in [4.78, 5) is 8.42. The molecule has 0 fully saturated rings. The molecular formula is C12H10N4O2. The zero-order valence-corrected chi connectivity index (χ0v) is 9.91. The topological polar surface area (TPSA) is 77.8 Å². The SMILES string of the molecule is Cc1nc(-c2ccccc2-c2noc(C)n2)no1. The summed E-state index contributed by atoms with van der Waals surface area (Å²) in [5.41, 5.74) is 1.63. The summed E-state index contributed by atoms with van der Waals surface area (Å²) in [5, 5.41) is 7.81. The molecule has 0 atom stereocenters. The monoisotopic (exact) mass is 242 g/mol. The van der Waals surface area contributed by atoms with Crippen LogP contribution in [0.4, 0.5) is 0 Å². The Morgan fingerprint density at radius 3 is 1.56 bits per heavy atom. The highest BCUT2D eigenvalue weighted by Gasteiger charge is 2.15. The van der Waals surface area contributed by atoms with Gasteiger partial charge in [-0.05, 0) is 0 Å². The highest BCUT2D eigenvalue weighted by Crippen LogP contribution is 2.28. The third-order valence-electron chi connectivity index (χ3n) is 2.46. The van der Waals surface area contributed by atoms with E-state index in [1.165, 1.54) is 0 Å². The Morgan fingerprint density at radius 2 is 1.22 bits per heavy atom. The fourth-order valence-corrected chi connectivity index (χ4v) is 1.69. The standard InChI is InChI=1S/C12H10N4O2/c1-7-13-11(15-17-7)9-5-3-4-6-10(9)12-14-8(2)18-16-12/h3-6H,1-2H3. The van der Waals surface area contributed by atoms with Crippen molar-refractivity contribution in [3.63, 3.8) is 0 Å². The van der Waals surface area contributed by atoms with Gasteiger partial charge in [0.05, 0.1) is 0 Å². The van der Waals surface area contributed by atoms with E-state index in [4.69, 9.17) is 9.05 Å². The van der Waals surface area contributed by atoms with Crippen LogP contribution in [0.25, 0.3) is 22.8 Å². The van der Waals surface area contributed by atoms with Crippen molar-refractivity contribution in [1.82, 2.24) is 20.3 Å². The molecule has 0 unspecified atom stereocenters. The Morgan fingerprint density at radius 1 is 0.778 bits per heavy atom. The van der Waals surface area contributed by atoms with E-state index >= 15 is 0 Å². The number of nitrogens with zero attached hydrogens (tertiary/aromatic N) is 4. The van der Waals surface area contributed by atoms with Crippen molar-refractivity contribution in [2.24, 2.45) is 0 Å². The van der Waals surface area contributed by atoms with Crippen molar-refractivity contribution in [1.29, 1.82) is 0 Å². The van der Waals surface area contributed by atoms with Gasteiger partial charge in [-0.2, -0.15) is 9.97 Å². The maximum absolute atomic E-state index is 4.99. The third-order valence-corrected chi connectivity index (χ3v) is 2.46. The predicted octanol–water partition coefficient (Wildman–Crippen LogP) is 2.40. The van der Waals surface area contributed by atoms with Gasteiger partial charge in [-0.15, -0.1) is 0 Å². The van der Waals surface area contributed by atoms with E-state index in [0.717, 1.165) is 11.1 Å². The lowest BCUT2D eigenvalue weighted by Gasteiger charge is -2.00. The van der Waals surface area contributed by atoms with Gasteiger partial charge in [0.15, 0.2) is 0 Å². The molecule has 2 heterocycles. The quantitative estimate of drug-likeness (QED) is 0.686. The Kier molecular flexibility index (Phi) is 2.40. The molecule has 6 heteroatoms. The van der Waals surface area contributed by atoms with Crippen molar-refractivity contribution in [2.75, 3.05) is 0 Å². The van der Waals surface area contributed by atoms with Gasteiger partial charge < -0.3 is 9.05 Å². The maximum Gasteiger partial charge on any atom is 0.223 e. The first-order chi connectivity index (χ1) is 8.74. The second-order valence-electron chi connectivity index (χ2n) is 3.82. The van der Waals surface area contributed by atoms with Crippen LogP contribution in [0, 0.1) is 13.8 Å². The summed E-state index contributed by atoms with van der Waals surface area (Å²) in [6, 6.07) is 7.59. The first-order valence-electron chi connectivity index (χ1n) is 5.44. The number of aromatic nitrogens is 4. The number of benzene rings is 1. The predicted molar refractivity (Wildman–Crippen MR) is 62.5 cm³/mol. The van der Waals surface area contributed by atoms with E-state index in [0.29, 0.717) is 23.4 Å². The minimum atomic E-state index is 0.518. The molecule has 0 bridgehead atoms. The molecule has 0 aliphatic heterocycles. The van der Waals surface area contributed by atoms with E-state index in [9.17, 15) is 0 Å². The lowest BCUT2D eigenvalue weighted by Crippen LogP contribution is -1.88. The largest absolute Gasteiger partial charge is 0.339 e. The van der Waals surface area contributed by atoms with Crippen LogP contribution in [0.1, 0.15) is 11.8 Å². The van der Waals surface area contributed by atoms with Crippen molar-refractivity contribution in [2.45, 2.75) is 13.8 Å². The highest BCUT2D eigenvalue weighted by atomic mass is 16.5. The molecule has 6 nitrogen and oxygen atoms in total. The van der Waals surface area contributed by atoms with Crippen molar-refractivity contribution >= 4 is 0 Å². The smallest absolute Gasteiger partial charge is 0.223 e. The molecule has 0 saturated heterocycles. The van der Waals surface area contributed by atoms with Crippen molar-refractivity contribution in [3.8, 4) is 22.8 Å². The van der Waals surface area contributed by atoms with Crippen LogP contribution in [0.3, 0.4) is 0 Å². The highest BCUT2D eigenvalue weighted by molar-refractivity contribution is 5.76. The van der Waals surface area contributed by atoms with Crippen molar-refractivity contribution in [3.05, 3.63) is 36.0 Å². The Labute approximate surface area is 103 Å². The summed E-state index contributed by atoms with van der Waals surface area (Å²) in [7, 11) is 0. The van der Waals surface area contributed by atoms with E-state index in [2.05, 4.69) is 20.3 Å². The van der Waals surface area contributed by atoms with Crippen LogP contribution in [0.2, 0.25) is 0 Å². The van der Waals surface area contributed by atoms with Gasteiger partial charge in [0.2, 0.25) is 23.4 Å². The van der Waals surface area contributed by atoms with Crippen LogP contribution in [0.15, 0.2) is 33.3 Å². The molecule has 18 heavy (non-hydrogen) atoms. The molecule has 0 spiro atoms. The first-order valence-corrected chi connectivity index (χ1v) is 5.44. The number of hydrogen-bond acceptors (Lipinski definition) is 6. The molecule has 2 aromatic heterocycles. The minimum absolute atomic E-state index is 0.518. The van der Waals surface area contributed by atoms with Crippen LogP contribution >= 0.6 is 0 Å². The number of rotatable bonds is 2. The Hall–Kier alpha value is -2.50. The lowest BCUT2D eigenvalue weighted by atomic mass is 10.1. The van der Waals surface area contributed by atoms with Gasteiger partial charge >= 0.3 is 0 Å². The summed E-state index contributed by atoms with van der Waals surface area (Å²) >= 11 is 0. The van der Waals surface area contributed by atoms with Gasteiger partial charge in [0.1, 0.15) is 0 Å². The summed E-state index contributed by atoms with van der Waals surface area (Å²) in [5.74, 6) is 2.07.